The number of carbonyl (C=O) groups excluding carboxylic acids is 2. The third-order valence-corrected chi connectivity index (χ3v) is 3.38. The number of aryl methyl sites for hydroxylation is 1. The molecule has 7 nitrogen and oxygen atoms in total. The molecule has 110 valence electrons. The Balaban J connectivity index is 1.63. The Morgan fingerprint density at radius 2 is 2.05 bits per heavy atom. The Labute approximate surface area is 121 Å². The molecule has 1 aliphatic rings. The van der Waals surface area contributed by atoms with Gasteiger partial charge in [0, 0.05) is 12.6 Å². The predicted octanol–water partition coefficient (Wildman–Crippen LogP) is 0.0104. The van der Waals surface area contributed by atoms with E-state index in [0.29, 0.717) is 18.7 Å². The van der Waals surface area contributed by atoms with Gasteiger partial charge in [-0.1, -0.05) is 0 Å². The molecule has 0 bridgehead atoms. The fourth-order valence-corrected chi connectivity index (χ4v) is 2.33. The van der Waals surface area contributed by atoms with Gasteiger partial charge in [0.25, 0.3) is 0 Å². The Morgan fingerprint density at radius 1 is 1.29 bits per heavy atom. The van der Waals surface area contributed by atoms with Crippen molar-refractivity contribution in [3.05, 3.63) is 42.1 Å². The van der Waals surface area contributed by atoms with Gasteiger partial charge in [-0.05, 0) is 24.6 Å². The summed E-state index contributed by atoms with van der Waals surface area (Å²) in [5, 5.41) is 9.58. The molecule has 2 unspecified atom stereocenters. The van der Waals surface area contributed by atoms with E-state index in [1.807, 2.05) is 13.1 Å². The van der Waals surface area contributed by atoms with Crippen LogP contribution < -0.4 is 10.6 Å². The molecular formula is C14H16N4O3. The summed E-state index contributed by atoms with van der Waals surface area (Å²) in [6.45, 7) is 2.24. The van der Waals surface area contributed by atoms with Crippen molar-refractivity contribution >= 4 is 11.8 Å². The summed E-state index contributed by atoms with van der Waals surface area (Å²) in [7, 11) is 0. The van der Waals surface area contributed by atoms with Gasteiger partial charge in [-0.3, -0.25) is 14.3 Å². The summed E-state index contributed by atoms with van der Waals surface area (Å²) in [6, 6.07) is 2.32. The molecule has 0 saturated carbocycles. The fourth-order valence-electron chi connectivity index (χ4n) is 2.33. The molecule has 1 aliphatic heterocycles. The van der Waals surface area contributed by atoms with Gasteiger partial charge < -0.3 is 15.1 Å². The fraction of sp³-hybridized carbons (Fsp3) is 0.357. The van der Waals surface area contributed by atoms with E-state index in [2.05, 4.69) is 15.7 Å². The van der Waals surface area contributed by atoms with Crippen LogP contribution in [0.15, 0.2) is 35.2 Å². The summed E-state index contributed by atoms with van der Waals surface area (Å²) >= 11 is 0. The highest BCUT2D eigenvalue weighted by atomic mass is 16.3. The lowest BCUT2D eigenvalue weighted by atomic mass is 10.1. The minimum Gasteiger partial charge on any atom is -0.469 e. The molecule has 0 spiro atoms. The Hall–Kier alpha value is -2.57. The van der Waals surface area contributed by atoms with Crippen LogP contribution in [0.1, 0.15) is 11.3 Å². The average molecular weight is 288 g/mol. The average Bonchev–Trinajstić information content (AvgIpc) is 3.07. The summed E-state index contributed by atoms with van der Waals surface area (Å²) in [5.41, 5.74) is 1.01. The second-order valence-electron chi connectivity index (χ2n) is 5.15. The summed E-state index contributed by atoms with van der Waals surface area (Å²) < 4.78 is 6.85. The molecule has 3 rings (SSSR count). The van der Waals surface area contributed by atoms with Crippen LogP contribution in [0.25, 0.3) is 0 Å². The van der Waals surface area contributed by atoms with E-state index in [4.69, 9.17) is 4.42 Å². The molecule has 2 atom stereocenters. The van der Waals surface area contributed by atoms with Crippen LogP contribution >= 0.6 is 0 Å². The highest BCUT2D eigenvalue weighted by molar-refractivity contribution is 5.96. The van der Waals surface area contributed by atoms with Crippen molar-refractivity contribution < 1.29 is 14.0 Å². The van der Waals surface area contributed by atoms with Gasteiger partial charge in [0.2, 0.25) is 11.8 Å². The maximum atomic E-state index is 12.1. The maximum absolute atomic E-state index is 12.1. The zero-order valence-corrected chi connectivity index (χ0v) is 11.6. The highest BCUT2D eigenvalue weighted by Crippen LogP contribution is 2.08. The topological polar surface area (TPSA) is 89.2 Å². The number of carbonyl (C=O) groups is 2. The van der Waals surface area contributed by atoms with Crippen molar-refractivity contribution in [2.75, 3.05) is 0 Å². The van der Waals surface area contributed by atoms with Crippen molar-refractivity contribution in [1.82, 2.24) is 20.4 Å². The van der Waals surface area contributed by atoms with Crippen LogP contribution in [0.4, 0.5) is 0 Å². The van der Waals surface area contributed by atoms with Gasteiger partial charge in [0.15, 0.2) is 0 Å². The number of hydrogen-bond acceptors (Lipinski definition) is 4. The number of nitrogens with zero attached hydrogens (tertiary/aromatic N) is 2. The first-order valence-corrected chi connectivity index (χ1v) is 6.74. The molecule has 21 heavy (non-hydrogen) atoms. The second kappa shape index (κ2) is 5.43. The minimum absolute atomic E-state index is 0.208. The Kier molecular flexibility index (Phi) is 3.47. The van der Waals surface area contributed by atoms with Gasteiger partial charge in [0.1, 0.15) is 17.8 Å². The Morgan fingerprint density at radius 3 is 2.71 bits per heavy atom. The van der Waals surface area contributed by atoms with E-state index in [1.54, 1.807) is 29.3 Å². The molecular weight excluding hydrogens is 272 g/mol. The molecule has 0 radical (unpaired) electrons. The lowest BCUT2D eigenvalue weighted by molar-refractivity contribution is -0.137. The van der Waals surface area contributed by atoms with Gasteiger partial charge in [0.05, 0.1) is 19.0 Å². The first-order chi connectivity index (χ1) is 10.1. The van der Waals surface area contributed by atoms with Crippen molar-refractivity contribution in [3.8, 4) is 0 Å². The minimum atomic E-state index is -0.607. The lowest BCUT2D eigenvalue weighted by Crippen LogP contribution is -2.63. The van der Waals surface area contributed by atoms with Crippen molar-refractivity contribution in [2.24, 2.45) is 0 Å². The molecule has 2 amide bonds. The number of furan rings is 1. The standard InChI is InChI=1S/C14H16N4O3/c1-9-6-15-18(7-9)8-12-14(20)16-11(13(19)17-12)5-10-3-2-4-21-10/h2-4,6-7,11-12H,5,8H2,1H3,(H,16,20)(H,17,19). The first kappa shape index (κ1) is 13.4. The van der Waals surface area contributed by atoms with Crippen LogP contribution in [0.2, 0.25) is 0 Å². The monoisotopic (exact) mass is 288 g/mol. The third-order valence-electron chi connectivity index (χ3n) is 3.38. The number of nitrogens with one attached hydrogen (secondary N) is 2. The SMILES string of the molecule is Cc1cnn(CC2NC(=O)C(Cc3ccco3)NC2=O)c1. The Bertz CT molecular complexity index is 647. The number of aromatic nitrogens is 2. The number of hydrogen-bond donors (Lipinski definition) is 2. The molecule has 3 heterocycles. The third kappa shape index (κ3) is 2.96. The zero-order valence-electron chi connectivity index (χ0n) is 11.6. The molecule has 2 N–H and O–H groups in total. The first-order valence-electron chi connectivity index (χ1n) is 6.74. The molecule has 2 aromatic rings. The van der Waals surface area contributed by atoms with Crippen molar-refractivity contribution in [2.45, 2.75) is 32.0 Å². The quantitative estimate of drug-likeness (QED) is 0.829. The zero-order chi connectivity index (χ0) is 14.8. The smallest absolute Gasteiger partial charge is 0.245 e. The van der Waals surface area contributed by atoms with Crippen molar-refractivity contribution in [3.63, 3.8) is 0 Å². The van der Waals surface area contributed by atoms with E-state index < -0.39 is 12.1 Å². The molecule has 0 aliphatic carbocycles. The lowest BCUT2D eigenvalue weighted by Gasteiger charge is -2.29. The maximum Gasteiger partial charge on any atom is 0.245 e. The highest BCUT2D eigenvalue weighted by Gasteiger charge is 2.34. The summed E-state index contributed by atoms with van der Waals surface area (Å²) in [6.07, 6.45) is 5.43. The number of rotatable bonds is 4. The van der Waals surface area contributed by atoms with Gasteiger partial charge in [-0.15, -0.1) is 0 Å². The van der Waals surface area contributed by atoms with Gasteiger partial charge >= 0.3 is 0 Å². The molecule has 1 fully saturated rings. The molecule has 1 saturated heterocycles. The van der Waals surface area contributed by atoms with Gasteiger partial charge in [-0.2, -0.15) is 5.10 Å². The van der Waals surface area contributed by atoms with E-state index in [-0.39, 0.29) is 11.8 Å². The van der Waals surface area contributed by atoms with E-state index in [9.17, 15) is 9.59 Å². The second-order valence-corrected chi connectivity index (χ2v) is 5.15. The predicted molar refractivity (Wildman–Crippen MR) is 73.2 cm³/mol. The largest absolute Gasteiger partial charge is 0.469 e. The van der Waals surface area contributed by atoms with E-state index in [1.165, 1.54) is 0 Å². The van der Waals surface area contributed by atoms with E-state index >= 15 is 0 Å². The van der Waals surface area contributed by atoms with Crippen LogP contribution in [0.3, 0.4) is 0 Å². The number of amides is 2. The van der Waals surface area contributed by atoms with Crippen LogP contribution in [-0.2, 0) is 22.6 Å². The normalized spacial score (nSPS) is 22.0. The molecule has 7 heteroatoms. The van der Waals surface area contributed by atoms with E-state index in [0.717, 1.165) is 5.56 Å². The molecule has 2 aromatic heterocycles. The van der Waals surface area contributed by atoms with Crippen LogP contribution in [0, 0.1) is 6.92 Å². The summed E-state index contributed by atoms with van der Waals surface area (Å²) in [4.78, 5) is 24.2. The molecule has 0 aromatic carbocycles. The number of piperazine rings is 1. The van der Waals surface area contributed by atoms with Crippen LogP contribution in [0.5, 0.6) is 0 Å². The van der Waals surface area contributed by atoms with Crippen LogP contribution in [-0.4, -0.2) is 33.7 Å². The summed E-state index contributed by atoms with van der Waals surface area (Å²) in [5.74, 6) is 0.246. The van der Waals surface area contributed by atoms with Crippen molar-refractivity contribution in [1.29, 1.82) is 0 Å². The van der Waals surface area contributed by atoms with Gasteiger partial charge in [-0.25, -0.2) is 0 Å².